The molecule has 0 saturated carbocycles. The van der Waals surface area contributed by atoms with E-state index in [0.29, 0.717) is 5.56 Å². The SMILES string of the molecule is CC(C)C[C@H](NC(=O)[C@H](C)NC(=O)[C@H]1N2C(=O)c3ccccc3C2SC1(C)C)C(=O)O. The third-order valence-corrected chi connectivity index (χ3v) is 7.15. The Labute approximate surface area is 186 Å². The summed E-state index contributed by atoms with van der Waals surface area (Å²) in [5.74, 6) is -2.23. The molecule has 1 fully saturated rings. The number of nitrogens with one attached hydrogen (secondary N) is 2. The van der Waals surface area contributed by atoms with Crippen molar-refractivity contribution < 1.29 is 24.3 Å². The van der Waals surface area contributed by atoms with Gasteiger partial charge in [0.15, 0.2) is 0 Å². The second kappa shape index (κ2) is 8.53. The number of rotatable bonds is 7. The van der Waals surface area contributed by atoms with Crippen molar-refractivity contribution in [2.75, 3.05) is 0 Å². The summed E-state index contributed by atoms with van der Waals surface area (Å²) in [5, 5.41) is 14.3. The normalized spacial score (nSPS) is 23.2. The fourth-order valence-corrected chi connectivity index (χ4v) is 5.74. The van der Waals surface area contributed by atoms with Crippen molar-refractivity contribution >= 4 is 35.5 Å². The van der Waals surface area contributed by atoms with E-state index in [2.05, 4.69) is 10.6 Å². The number of nitrogens with zero attached hydrogens (tertiary/aromatic N) is 1. The number of hydrogen-bond donors (Lipinski definition) is 3. The maximum absolute atomic E-state index is 13.2. The molecule has 1 aromatic carbocycles. The zero-order valence-electron chi connectivity index (χ0n) is 18.3. The molecule has 2 aliphatic heterocycles. The maximum Gasteiger partial charge on any atom is 0.326 e. The van der Waals surface area contributed by atoms with Crippen molar-refractivity contribution in [1.29, 1.82) is 0 Å². The molecular weight excluding hydrogens is 418 g/mol. The summed E-state index contributed by atoms with van der Waals surface area (Å²) < 4.78 is -0.560. The number of thioether (sulfide) groups is 1. The highest BCUT2D eigenvalue weighted by Crippen LogP contribution is 2.56. The molecule has 2 heterocycles. The molecule has 1 unspecified atom stereocenters. The molecule has 3 N–H and O–H groups in total. The van der Waals surface area contributed by atoms with Crippen LogP contribution < -0.4 is 10.6 Å². The van der Waals surface area contributed by atoms with Gasteiger partial charge in [0.05, 0.1) is 0 Å². The van der Waals surface area contributed by atoms with Crippen LogP contribution in [0.2, 0.25) is 0 Å². The van der Waals surface area contributed by atoms with Gasteiger partial charge in [-0.3, -0.25) is 14.4 Å². The standard InChI is InChI=1S/C22H29N3O5S/c1-11(2)10-15(21(29)30)24-17(26)12(3)23-18(27)16-22(4,5)31-20-14-9-7-6-8-13(14)19(28)25(16)20/h6-9,11-12,15-16,20H,10H2,1-5H3,(H,23,27)(H,24,26)(H,29,30)/t12-,15-,16+,20?/m0/s1. The monoisotopic (exact) mass is 447 g/mol. The Morgan fingerprint density at radius 3 is 2.42 bits per heavy atom. The second-order valence-corrected chi connectivity index (χ2v) is 10.8. The molecule has 0 radical (unpaired) electrons. The van der Waals surface area contributed by atoms with Gasteiger partial charge in [-0.2, -0.15) is 0 Å². The van der Waals surface area contributed by atoms with Crippen LogP contribution in [0.25, 0.3) is 0 Å². The van der Waals surface area contributed by atoms with E-state index in [1.807, 2.05) is 39.8 Å². The van der Waals surface area contributed by atoms with E-state index in [1.54, 1.807) is 28.8 Å². The van der Waals surface area contributed by atoms with Gasteiger partial charge in [-0.25, -0.2) is 4.79 Å². The number of benzene rings is 1. The summed E-state index contributed by atoms with van der Waals surface area (Å²) in [6, 6.07) is 4.60. The highest BCUT2D eigenvalue weighted by molar-refractivity contribution is 8.01. The molecular formula is C22H29N3O5S. The van der Waals surface area contributed by atoms with E-state index < -0.39 is 40.7 Å². The minimum Gasteiger partial charge on any atom is -0.480 e. The van der Waals surface area contributed by atoms with E-state index in [1.165, 1.54) is 6.92 Å². The molecule has 4 atom stereocenters. The average molecular weight is 448 g/mol. The van der Waals surface area contributed by atoms with Crippen LogP contribution in [0.1, 0.15) is 62.3 Å². The Bertz CT molecular complexity index is 916. The van der Waals surface area contributed by atoms with Gasteiger partial charge in [0, 0.05) is 10.3 Å². The van der Waals surface area contributed by atoms with Crippen LogP contribution in [0.15, 0.2) is 24.3 Å². The molecule has 3 rings (SSSR count). The second-order valence-electron chi connectivity index (χ2n) is 9.04. The van der Waals surface area contributed by atoms with Gasteiger partial charge < -0.3 is 20.6 Å². The summed E-state index contributed by atoms with van der Waals surface area (Å²) in [7, 11) is 0. The first kappa shape index (κ1) is 23.1. The Hall–Kier alpha value is -2.55. The maximum atomic E-state index is 13.2. The number of carboxylic acids is 1. The Morgan fingerprint density at radius 1 is 1.16 bits per heavy atom. The van der Waals surface area contributed by atoms with Crippen molar-refractivity contribution in [2.24, 2.45) is 5.92 Å². The lowest BCUT2D eigenvalue weighted by Crippen LogP contribution is -2.57. The molecule has 0 spiro atoms. The highest BCUT2D eigenvalue weighted by atomic mass is 32.2. The zero-order chi connectivity index (χ0) is 23.1. The van der Waals surface area contributed by atoms with Gasteiger partial charge in [0.2, 0.25) is 11.8 Å². The lowest BCUT2D eigenvalue weighted by atomic mass is 10.00. The summed E-state index contributed by atoms with van der Waals surface area (Å²) in [5.41, 5.74) is 1.49. The predicted octanol–water partition coefficient (Wildman–Crippen LogP) is 2.16. The third kappa shape index (κ3) is 4.42. The molecule has 168 valence electrons. The van der Waals surface area contributed by atoms with Crippen LogP contribution >= 0.6 is 11.8 Å². The number of carbonyl (C=O) groups is 4. The number of amides is 3. The fraction of sp³-hybridized carbons (Fsp3) is 0.545. The van der Waals surface area contributed by atoms with Crippen LogP contribution in [0.5, 0.6) is 0 Å². The molecule has 31 heavy (non-hydrogen) atoms. The van der Waals surface area contributed by atoms with E-state index >= 15 is 0 Å². The summed E-state index contributed by atoms with van der Waals surface area (Å²) in [4.78, 5) is 51.8. The molecule has 0 aliphatic carbocycles. The molecule has 3 amide bonds. The van der Waals surface area contributed by atoms with Gasteiger partial charge in [-0.15, -0.1) is 11.8 Å². The van der Waals surface area contributed by atoms with Gasteiger partial charge in [-0.05, 0) is 44.7 Å². The van der Waals surface area contributed by atoms with E-state index in [4.69, 9.17) is 0 Å². The predicted molar refractivity (Wildman–Crippen MR) is 117 cm³/mol. The van der Waals surface area contributed by atoms with Crippen LogP contribution in [0.4, 0.5) is 0 Å². The zero-order valence-corrected chi connectivity index (χ0v) is 19.2. The van der Waals surface area contributed by atoms with Gasteiger partial charge in [-0.1, -0.05) is 32.0 Å². The van der Waals surface area contributed by atoms with Crippen LogP contribution in [-0.4, -0.2) is 56.6 Å². The number of carbonyl (C=O) groups excluding carboxylic acids is 3. The van der Waals surface area contributed by atoms with Crippen LogP contribution in [0.3, 0.4) is 0 Å². The molecule has 2 aliphatic rings. The first-order valence-electron chi connectivity index (χ1n) is 10.4. The molecule has 8 nitrogen and oxygen atoms in total. The lowest BCUT2D eigenvalue weighted by molar-refractivity contribution is -0.142. The average Bonchev–Trinajstić information content (AvgIpc) is 3.10. The van der Waals surface area contributed by atoms with E-state index in [9.17, 15) is 24.3 Å². The van der Waals surface area contributed by atoms with Crippen molar-refractivity contribution in [2.45, 2.75) is 69.3 Å². The van der Waals surface area contributed by atoms with Crippen LogP contribution in [0, 0.1) is 5.92 Å². The highest BCUT2D eigenvalue weighted by Gasteiger charge is 2.57. The van der Waals surface area contributed by atoms with Gasteiger partial charge in [0.1, 0.15) is 23.5 Å². The van der Waals surface area contributed by atoms with Crippen molar-refractivity contribution in [1.82, 2.24) is 15.5 Å². The number of carboxylic acid groups (broad SMARTS) is 1. The Balaban J connectivity index is 1.73. The number of hydrogen-bond acceptors (Lipinski definition) is 5. The molecule has 0 bridgehead atoms. The number of aliphatic carboxylic acids is 1. The molecule has 1 saturated heterocycles. The van der Waals surface area contributed by atoms with E-state index in [0.717, 1.165) is 5.56 Å². The lowest BCUT2D eigenvalue weighted by Gasteiger charge is -2.30. The Morgan fingerprint density at radius 2 is 1.81 bits per heavy atom. The largest absolute Gasteiger partial charge is 0.480 e. The molecule has 1 aromatic rings. The van der Waals surface area contributed by atoms with Crippen LogP contribution in [-0.2, 0) is 14.4 Å². The summed E-state index contributed by atoms with van der Waals surface area (Å²) >= 11 is 1.54. The smallest absolute Gasteiger partial charge is 0.326 e. The van der Waals surface area contributed by atoms with Crippen molar-refractivity contribution in [3.05, 3.63) is 35.4 Å². The molecule has 0 aromatic heterocycles. The topological polar surface area (TPSA) is 116 Å². The third-order valence-electron chi connectivity index (χ3n) is 5.62. The van der Waals surface area contributed by atoms with E-state index in [-0.39, 0.29) is 23.6 Å². The molecule has 9 heteroatoms. The van der Waals surface area contributed by atoms with Gasteiger partial charge >= 0.3 is 5.97 Å². The number of fused-ring (bicyclic) bond motifs is 3. The first-order chi connectivity index (χ1) is 14.4. The minimum atomic E-state index is -1.11. The summed E-state index contributed by atoms with van der Waals surface area (Å²) in [6.07, 6.45) is 0.288. The quantitative estimate of drug-likeness (QED) is 0.590. The van der Waals surface area contributed by atoms with Crippen molar-refractivity contribution in [3.8, 4) is 0 Å². The minimum absolute atomic E-state index is 0.0855. The van der Waals surface area contributed by atoms with Gasteiger partial charge in [0.25, 0.3) is 5.91 Å². The Kier molecular flexibility index (Phi) is 6.36. The van der Waals surface area contributed by atoms with Crippen molar-refractivity contribution in [3.63, 3.8) is 0 Å². The first-order valence-corrected chi connectivity index (χ1v) is 11.2. The summed E-state index contributed by atoms with van der Waals surface area (Å²) in [6.45, 7) is 9.06. The fourth-order valence-electron chi connectivity index (χ4n) is 4.15.